The molecule has 0 radical (unpaired) electrons. The third-order valence-corrected chi connectivity index (χ3v) is 4.35. The van der Waals surface area contributed by atoms with E-state index >= 15 is 0 Å². The number of nitrogens with zero attached hydrogens (tertiary/aromatic N) is 1. The molecule has 0 fully saturated rings. The average molecular weight is 356 g/mol. The van der Waals surface area contributed by atoms with Gasteiger partial charge < -0.3 is 10.2 Å². The van der Waals surface area contributed by atoms with Crippen molar-refractivity contribution in [1.29, 1.82) is 0 Å². The second-order valence-electron chi connectivity index (χ2n) is 6.04. The maximum Gasteiger partial charge on any atom is 0.258 e. The lowest BCUT2D eigenvalue weighted by Crippen LogP contribution is -2.36. The lowest BCUT2D eigenvalue weighted by molar-refractivity contribution is -0.116. The van der Waals surface area contributed by atoms with Crippen LogP contribution in [0.4, 0.5) is 14.5 Å². The molecule has 0 saturated heterocycles. The highest BCUT2D eigenvalue weighted by atomic mass is 19.1. The van der Waals surface area contributed by atoms with Gasteiger partial charge in [-0.05, 0) is 48.7 Å². The van der Waals surface area contributed by atoms with E-state index in [1.807, 2.05) is 0 Å². The van der Waals surface area contributed by atoms with Gasteiger partial charge in [-0.3, -0.25) is 9.59 Å². The molecule has 0 aliphatic carbocycles. The number of fused-ring (bicyclic) bond motifs is 1. The van der Waals surface area contributed by atoms with E-state index in [1.165, 1.54) is 11.0 Å². The molecule has 0 unspecified atom stereocenters. The molecule has 6 heteroatoms. The maximum absolute atomic E-state index is 14.2. The van der Waals surface area contributed by atoms with Gasteiger partial charge in [0, 0.05) is 24.2 Å². The first-order valence-electron chi connectivity index (χ1n) is 8.29. The second-order valence-corrected chi connectivity index (χ2v) is 6.04. The quantitative estimate of drug-likeness (QED) is 0.854. The van der Waals surface area contributed by atoms with Gasteiger partial charge in [-0.15, -0.1) is 0 Å². The zero-order chi connectivity index (χ0) is 18.7. The van der Waals surface area contributed by atoms with Gasteiger partial charge in [-0.25, -0.2) is 8.78 Å². The summed E-state index contributed by atoms with van der Waals surface area (Å²) in [6.07, 6.45) is 2.16. The molecule has 1 aliphatic heterocycles. The number of halogens is 2. The molecule has 0 aromatic heterocycles. The Bertz CT molecular complexity index is 863. The summed E-state index contributed by atoms with van der Waals surface area (Å²) in [6, 6.07) is 8.79. The number of carbonyl (C=O) groups is 2. The van der Waals surface area contributed by atoms with E-state index in [0.29, 0.717) is 31.5 Å². The van der Waals surface area contributed by atoms with Crippen molar-refractivity contribution in [3.05, 3.63) is 77.4 Å². The molecule has 4 nitrogen and oxygen atoms in total. The number of anilines is 1. The number of rotatable bonds is 4. The molecule has 134 valence electrons. The molecule has 1 aliphatic rings. The largest absolute Gasteiger partial charge is 0.348 e. The minimum atomic E-state index is -0.599. The number of hydrogen-bond donors (Lipinski definition) is 1. The molecule has 1 N–H and O–H groups in total. The van der Waals surface area contributed by atoms with Crippen LogP contribution in [0.15, 0.2) is 49.1 Å². The van der Waals surface area contributed by atoms with Crippen molar-refractivity contribution in [2.75, 3.05) is 11.4 Å². The molecule has 0 saturated carbocycles. The summed E-state index contributed by atoms with van der Waals surface area (Å²) < 4.78 is 28.2. The fraction of sp³-hybridized carbons (Fsp3) is 0.200. The number of amides is 2. The molecular weight excluding hydrogens is 338 g/mol. The smallest absolute Gasteiger partial charge is 0.258 e. The van der Waals surface area contributed by atoms with Crippen LogP contribution in [-0.2, 0) is 17.8 Å². The van der Waals surface area contributed by atoms with Gasteiger partial charge in [0.15, 0.2) is 0 Å². The van der Waals surface area contributed by atoms with E-state index in [1.54, 1.807) is 24.3 Å². The third-order valence-electron chi connectivity index (χ3n) is 4.35. The van der Waals surface area contributed by atoms with Crippen LogP contribution < -0.4 is 10.2 Å². The van der Waals surface area contributed by atoms with Crippen LogP contribution in [0.25, 0.3) is 0 Å². The lowest BCUT2D eigenvalue weighted by atomic mass is 9.99. The topological polar surface area (TPSA) is 49.4 Å². The Kier molecular flexibility index (Phi) is 5.11. The fourth-order valence-electron chi connectivity index (χ4n) is 3.02. The monoisotopic (exact) mass is 356 g/mol. The van der Waals surface area contributed by atoms with Crippen molar-refractivity contribution < 1.29 is 18.4 Å². The van der Waals surface area contributed by atoms with Crippen molar-refractivity contribution in [2.45, 2.75) is 19.4 Å². The summed E-state index contributed by atoms with van der Waals surface area (Å²) in [5.41, 5.74) is 1.46. The highest BCUT2D eigenvalue weighted by Crippen LogP contribution is 2.33. The highest BCUT2D eigenvalue weighted by Gasteiger charge is 2.28. The molecule has 2 aromatic rings. The van der Waals surface area contributed by atoms with Gasteiger partial charge in [-0.1, -0.05) is 18.7 Å². The number of hydrogen-bond acceptors (Lipinski definition) is 2. The van der Waals surface area contributed by atoms with Gasteiger partial charge in [-0.2, -0.15) is 0 Å². The Labute approximate surface area is 150 Å². The van der Waals surface area contributed by atoms with E-state index in [-0.39, 0.29) is 23.1 Å². The summed E-state index contributed by atoms with van der Waals surface area (Å²) in [7, 11) is 0. The van der Waals surface area contributed by atoms with Crippen LogP contribution in [0.1, 0.15) is 27.9 Å². The van der Waals surface area contributed by atoms with Crippen molar-refractivity contribution in [1.82, 2.24) is 5.32 Å². The second kappa shape index (κ2) is 7.47. The summed E-state index contributed by atoms with van der Waals surface area (Å²) >= 11 is 0. The number of nitrogens with one attached hydrogen (secondary N) is 1. The van der Waals surface area contributed by atoms with Crippen LogP contribution >= 0.6 is 0 Å². The lowest BCUT2D eigenvalue weighted by Gasteiger charge is -2.30. The van der Waals surface area contributed by atoms with E-state index < -0.39 is 11.6 Å². The van der Waals surface area contributed by atoms with Crippen molar-refractivity contribution in [2.24, 2.45) is 0 Å². The van der Waals surface area contributed by atoms with Crippen molar-refractivity contribution >= 4 is 17.5 Å². The standard InChI is InChI=1S/C20H18F2N2O2/c1-2-18(25)23-12-13-5-7-14(8-6-13)20(26)24-11-3-4-15-16(21)9-10-17(22)19(15)24/h2,5-10H,1,3-4,11-12H2,(H,23,25). The number of benzene rings is 2. The molecule has 2 amide bonds. The predicted molar refractivity (Wildman–Crippen MR) is 94.8 cm³/mol. The molecule has 3 rings (SSSR count). The highest BCUT2D eigenvalue weighted by molar-refractivity contribution is 6.06. The summed E-state index contributed by atoms with van der Waals surface area (Å²) in [5, 5.41) is 2.64. The summed E-state index contributed by atoms with van der Waals surface area (Å²) in [4.78, 5) is 25.3. The molecule has 0 spiro atoms. The molecule has 26 heavy (non-hydrogen) atoms. The third kappa shape index (κ3) is 3.49. The van der Waals surface area contributed by atoms with Gasteiger partial charge in [0.2, 0.25) is 5.91 Å². The minimum absolute atomic E-state index is 0.0311. The zero-order valence-electron chi connectivity index (χ0n) is 14.1. The molecule has 0 bridgehead atoms. The Hall–Kier alpha value is -3.02. The predicted octanol–water partition coefficient (Wildman–Crippen LogP) is 3.36. The Morgan fingerprint density at radius 1 is 1.12 bits per heavy atom. The van der Waals surface area contributed by atoms with Crippen LogP contribution in [0.2, 0.25) is 0 Å². The Morgan fingerprint density at radius 2 is 1.81 bits per heavy atom. The van der Waals surface area contributed by atoms with E-state index in [4.69, 9.17) is 0 Å². The number of carbonyl (C=O) groups excluding carboxylic acids is 2. The average Bonchev–Trinajstić information content (AvgIpc) is 2.68. The molecule has 2 aromatic carbocycles. The molecule has 1 heterocycles. The van der Waals surface area contributed by atoms with E-state index in [9.17, 15) is 18.4 Å². The first-order chi connectivity index (χ1) is 12.5. The first-order valence-corrected chi connectivity index (χ1v) is 8.29. The van der Waals surface area contributed by atoms with Gasteiger partial charge in [0.1, 0.15) is 11.6 Å². The van der Waals surface area contributed by atoms with E-state index in [0.717, 1.165) is 17.7 Å². The van der Waals surface area contributed by atoms with Gasteiger partial charge in [0.25, 0.3) is 5.91 Å². The first kappa shape index (κ1) is 17.8. The van der Waals surface area contributed by atoms with E-state index in [2.05, 4.69) is 11.9 Å². The maximum atomic E-state index is 14.2. The van der Waals surface area contributed by atoms with Crippen LogP contribution in [0.5, 0.6) is 0 Å². The zero-order valence-corrected chi connectivity index (χ0v) is 14.1. The summed E-state index contributed by atoms with van der Waals surface area (Å²) in [5.74, 6) is -1.75. The Morgan fingerprint density at radius 3 is 2.50 bits per heavy atom. The van der Waals surface area contributed by atoms with Crippen molar-refractivity contribution in [3.63, 3.8) is 0 Å². The minimum Gasteiger partial charge on any atom is -0.348 e. The molecular formula is C20H18F2N2O2. The fourth-order valence-corrected chi connectivity index (χ4v) is 3.02. The van der Waals surface area contributed by atoms with Crippen LogP contribution in [0, 0.1) is 11.6 Å². The van der Waals surface area contributed by atoms with Crippen LogP contribution in [0.3, 0.4) is 0 Å². The summed E-state index contributed by atoms with van der Waals surface area (Å²) in [6.45, 7) is 4.02. The van der Waals surface area contributed by atoms with Crippen molar-refractivity contribution in [3.8, 4) is 0 Å². The van der Waals surface area contributed by atoms with Gasteiger partial charge in [0.05, 0.1) is 5.69 Å². The molecule has 0 atom stereocenters. The van der Waals surface area contributed by atoms with Crippen LogP contribution in [-0.4, -0.2) is 18.4 Å². The normalized spacial score (nSPS) is 13.1. The Balaban J connectivity index is 1.82. The van der Waals surface area contributed by atoms with Gasteiger partial charge >= 0.3 is 0 Å². The SMILES string of the molecule is C=CC(=O)NCc1ccc(C(=O)N2CCCc3c(F)ccc(F)c32)cc1.